The Morgan fingerprint density at radius 2 is 2.05 bits per heavy atom. The van der Waals surface area contributed by atoms with Gasteiger partial charge in [0.15, 0.2) is 11.6 Å². The van der Waals surface area contributed by atoms with Gasteiger partial charge in [-0.05, 0) is 18.2 Å². The van der Waals surface area contributed by atoms with E-state index in [1.807, 2.05) is 40.8 Å². The number of hydrogen-bond donors (Lipinski definition) is 1. The van der Waals surface area contributed by atoms with Crippen LogP contribution in [0.5, 0.6) is 0 Å². The summed E-state index contributed by atoms with van der Waals surface area (Å²) in [5, 5.41) is 0. The van der Waals surface area contributed by atoms with Crippen LogP contribution in [-0.2, 0) is 7.05 Å². The van der Waals surface area contributed by atoms with Crippen molar-refractivity contribution in [2.24, 2.45) is 7.05 Å². The molecule has 0 bridgehead atoms. The lowest BCUT2D eigenvalue weighted by molar-refractivity contribution is 0.945. The topological polar surface area (TPSA) is 64.3 Å². The molecule has 4 aromatic rings. The quantitative estimate of drug-likeness (QED) is 0.603. The molecule has 0 amide bonds. The molecule has 0 unspecified atom stereocenters. The predicted octanol–water partition coefficient (Wildman–Crippen LogP) is 2.15. The molecule has 0 atom stereocenters. The van der Waals surface area contributed by atoms with Crippen LogP contribution in [0.15, 0.2) is 49.3 Å². The Morgan fingerprint density at radius 3 is 2.90 bits per heavy atom. The number of nitrogens with zero attached hydrogens (tertiary/aromatic N) is 5. The highest BCUT2D eigenvalue weighted by molar-refractivity contribution is 5.78. The zero-order chi connectivity index (χ0) is 13.5. The van der Waals surface area contributed by atoms with Crippen molar-refractivity contribution in [2.45, 2.75) is 0 Å². The van der Waals surface area contributed by atoms with E-state index in [9.17, 15) is 0 Å². The fourth-order valence-electron chi connectivity index (χ4n) is 2.34. The maximum absolute atomic E-state index is 4.37. The van der Waals surface area contributed by atoms with Gasteiger partial charge in [-0.15, -0.1) is 0 Å². The van der Waals surface area contributed by atoms with E-state index in [-0.39, 0.29) is 0 Å². The predicted molar refractivity (Wildman–Crippen MR) is 75.4 cm³/mol. The van der Waals surface area contributed by atoms with Crippen LogP contribution in [0, 0.1) is 0 Å². The van der Waals surface area contributed by atoms with Gasteiger partial charge in [0.05, 0.1) is 17.4 Å². The van der Waals surface area contributed by atoms with Crippen LogP contribution < -0.4 is 0 Å². The molecular formula is C14H12N6. The average molecular weight is 264 g/mol. The maximum atomic E-state index is 4.37. The summed E-state index contributed by atoms with van der Waals surface area (Å²) in [6, 6.07) is 6.14. The van der Waals surface area contributed by atoms with Gasteiger partial charge in [0.1, 0.15) is 0 Å². The minimum atomic E-state index is 0.750. The van der Waals surface area contributed by atoms with Gasteiger partial charge in [-0.2, -0.15) is 0 Å². The van der Waals surface area contributed by atoms with Crippen molar-refractivity contribution in [2.75, 3.05) is 0 Å². The van der Waals surface area contributed by atoms with Gasteiger partial charge in [0.2, 0.25) is 0 Å². The second-order valence-corrected chi connectivity index (χ2v) is 4.59. The van der Waals surface area contributed by atoms with E-state index in [1.54, 1.807) is 18.6 Å². The van der Waals surface area contributed by atoms with Crippen molar-refractivity contribution >= 4 is 11.0 Å². The molecule has 20 heavy (non-hydrogen) atoms. The number of fused-ring (bicyclic) bond motifs is 1. The molecular weight excluding hydrogens is 252 g/mol. The summed E-state index contributed by atoms with van der Waals surface area (Å²) in [6.07, 6.45) is 9.02. The van der Waals surface area contributed by atoms with E-state index in [4.69, 9.17) is 0 Å². The first-order chi connectivity index (χ1) is 9.83. The lowest BCUT2D eigenvalue weighted by atomic mass is 10.2. The Morgan fingerprint density at radius 1 is 1.10 bits per heavy atom. The molecule has 0 saturated heterocycles. The van der Waals surface area contributed by atoms with E-state index in [0.717, 1.165) is 28.4 Å². The largest absolute Gasteiger partial charge is 0.342 e. The number of rotatable bonds is 2. The first-order valence-electron chi connectivity index (χ1n) is 6.27. The fourth-order valence-corrected chi connectivity index (χ4v) is 2.34. The number of aromatic amines is 1. The van der Waals surface area contributed by atoms with E-state index >= 15 is 0 Å². The van der Waals surface area contributed by atoms with Crippen molar-refractivity contribution in [3.05, 3.63) is 49.3 Å². The van der Waals surface area contributed by atoms with Gasteiger partial charge in [0.25, 0.3) is 0 Å². The van der Waals surface area contributed by atoms with E-state index in [2.05, 4.69) is 26.0 Å². The van der Waals surface area contributed by atoms with Gasteiger partial charge in [-0.3, -0.25) is 4.57 Å². The number of benzene rings is 1. The van der Waals surface area contributed by atoms with Crippen molar-refractivity contribution in [1.82, 2.24) is 29.1 Å². The van der Waals surface area contributed by atoms with E-state index in [0.29, 0.717) is 0 Å². The Hall–Kier alpha value is -2.89. The van der Waals surface area contributed by atoms with Crippen LogP contribution in [0.25, 0.3) is 28.4 Å². The van der Waals surface area contributed by atoms with Crippen molar-refractivity contribution in [3.8, 4) is 17.3 Å². The molecule has 1 N–H and O–H groups in total. The first kappa shape index (κ1) is 11.0. The van der Waals surface area contributed by atoms with Gasteiger partial charge in [0, 0.05) is 37.5 Å². The molecule has 4 rings (SSSR count). The molecule has 98 valence electrons. The average Bonchev–Trinajstić information content (AvgIpc) is 3.18. The summed E-state index contributed by atoms with van der Waals surface area (Å²) >= 11 is 0. The molecule has 3 aromatic heterocycles. The zero-order valence-electron chi connectivity index (χ0n) is 10.9. The van der Waals surface area contributed by atoms with E-state index < -0.39 is 0 Å². The van der Waals surface area contributed by atoms with Crippen LogP contribution in [0.1, 0.15) is 0 Å². The van der Waals surface area contributed by atoms with Crippen molar-refractivity contribution < 1.29 is 0 Å². The summed E-state index contributed by atoms with van der Waals surface area (Å²) in [4.78, 5) is 16.0. The van der Waals surface area contributed by atoms with Crippen molar-refractivity contribution in [3.63, 3.8) is 0 Å². The third-order valence-electron chi connectivity index (χ3n) is 3.34. The van der Waals surface area contributed by atoms with Crippen molar-refractivity contribution in [1.29, 1.82) is 0 Å². The minimum absolute atomic E-state index is 0.750. The number of aromatic nitrogens is 6. The Bertz CT molecular complexity index is 868. The number of nitrogens with one attached hydrogen (secondary N) is 1. The highest BCUT2D eigenvalue weighted by atomic mass is 15.1. The number of aryl methyl sites for hydroxylation is 1. The Kier molecular flexibility index (Phi) is 2.23. The molecule has 0 saturated carbocycles. The second kappa shape index (κ2) is 4.06. The summed E-state index contributed by atoms with van der Waals surface area (Å²) in [6.45, 7) is 0. The lowest BCUT2D eigenvalue weighted by Gasteiger charge is -2.06. The molecule has 1 aromatic carbocycles. The minimum Gasteiger partial charge on any atom is -0.342 e. The fraction of sp³-hybridized carbons (Fsp3) is 0.0714. The lowest BCUT2D eigenvalue weighted by Crippen LogP contribution is -1.98. The summed E-state index contributed by atoms with van der Waals surface area (Å²) in [5.41, 5.74) is 3.10. The van der Waals surface area contributed by atoms with E-state index in [1.165, 1.54) is 0 Å². The first-order valence-corrected chi connectivity index (χ1v) is 6.27. The zero-order valence-corrected chi connectivity index (χ0v) is 10.9. The van der Waals surface area contributed by atoms with Gasteiger partial charge in [-0.25, -0.2) is 15.0 Å². The second-order valence-electron chi connectivity index (χ2n) is 4.59. The standard InChI is InChI=1S/C14H12N6/c1-19-9-18-11-3-2-10(8-12(11)19)20-7-6-17-14(20)13-15-4-5-16-13/h2-9H,1H3,(H,15,16). The van der Waals surface area contributed by atoms with Crippen LogP contribution >= 0.6 is 0 Å². The number of hydrogen-bond acceptors (Lipinski definition) is 3. The summed E-state index contributed by atoms with van der Waals surface area (Å²) < 4.78 is 4.01. The molecule has 6 heteroatoms. The monoisotopic (exact) mass is 264 g/mol. The van der Waals surface area contributed by atoms with Crippen LogP contribution in [0.4, 0.5) is 0 Å². The Balaban J connectivity index is 1.91. The molecule has 0 aliphatic rings. The molecule has 0 aliphatic heterocycles. The highest BCUT2D eigenvalue weighted by Crippen LogP contribution is 2.21. The molecule has 0 spiro atoms. The van der Waals surface area contributed by atoms with Crippen LogP contribution in [0.3, 0.4) is 0 Å². The number of imidazole rings is 3. The normalized spacial score (nSPS) is 11.2. The molecule has 0 aliphatic carbocycles. The molecule has 0 fully saturated rings. The summed E-state index contributed by atoms with van der Waals surface area (Å²) in [5.74, 6) is 1.54. The maximum Gasteiger partial charge on any atom is 0.180 e. The van der Waals surface area contributed by atoms with Gasteiger partial charge >= 0.3 is 0 Å². The molecule has 6 nitrogen and oxygen atoms in total. The third-order valence-corrected chi connectivity index (χ3v) is 3.34. The summed E-state index contributed by atoms with van der Waals surface area (Å²) in [7, 11) is 1.99. The Labute approximate surface area is 114 Å². The highest BCUT2D eigenvalue weighted by Gasteiger charge is 2.10. The molecule has 3 heterocycles. The van der Waals surface area contributed by atoms with Gasteiger partial charge < -0.3 is 9.55 Å². The molecule has 0 radical (unpaired) electrons. The van der Waals surface area contributed by atoms with Crippen LogP contribution in [-0.4, -0.2) is 29.1 Å². The SMILES string of the molecule is Cn1cnc2ccc(-n3ccnc3-c3ncc[nH]3)cc21. The van der Waals surface area contributed by atoms with Crippen LogP contribution in [0.2, 0.25) is 0 Å². The number of H-pyrrole nitrogens is 1. The smallest absolute Gasteiger partial charge is 0.180 e. The third kappa shape index (κ3) is 1.55. The van der Waals surface area contributed by atoms with Gasteiger partial charge in [-0.1, -0.05) is 0 Å².